The lowest BCUT2D eigenvalue weighted by atomic mass is 10.2. The fourth-order valence-electron chi connectivity index (χ4n) is 1.56. The summed E-state index contributed by atoms with van der Waals surface area (Å²) < 4.78 is 10.8. The molecule has 0 spiro atoms. The lowest BCUT2D eigenvalue weighted by Crippen LogP contribution is -2.29. The summed E-state index contributed by atoms with van der Waals surface area (Å²) in [6, 6.07) is 8.01. The Balaban J connectivity index is 2.16. The van der Waals surface area contributed by atoms with Crippen molar-refractivity contribution in [3.63, 3.8) is 0 Å². The van der Waals surface area contributed by atoms with Crippen LogP contribution in [0.3, 0.4) is 0 Å². The molecular formula is C14H24N2O2. The van der Waals surface area contributed by atoms with Gasteiger partial charge in [-0.15, -0.1) is 0 Å². The quantitative estimate of drug-likeness (QED) is 0.673. The normalized spacial score (nSPS) is 10.9. The summed E-state index contributed by atoms with van der Waals surface area (Å²) in [5.74, 6) is 0.902. The molecule has 0 saturated carbocycles. The minimum absolute atomic E-state index is 0.623. The van der Waals surface area contributed by atoms with E-state index in [9.17, 15) is 0 Å². The van der Waals surface area contributed by atoms with Crippen LogP contribution < -0.4 is 10.1 Å². The van der Waals surface area contributed by atoms with E-state index in [1.165, 1.54) is 0 Å². The molecule has 0 aromatic heterocycles. The van der Waals surface area contributed by atoms with Gasteiger partial charge in [-0.1, -0.05) is 12.1 Å². The van der Waals surface area contributed by atoms with Crippen LogP contribution in [0.25, 0.3) is 0 Å². The van der Waals surface area contributed by atoms with Gasteiger partial charge in [0.05, 0.1) is 6.61 Å². The Morgan fingerprint density at radius 1 is 1.22 bits per heavy atom. The lowest BCUT2D eigenvalue weighted by molar-refractivity contribution is 0.184. The fourth-order valence-corrected chi connectivity index (χ4v) is 1.56. The molecule has 0 fully saturated rings. The van der Waals surface area contributed by atoms with Crippen molar-refractivity contribution in [1.29, 1.82) is 0 Å². The molecule has 4 heteroatoms. The summed E-state index contributed by atoms with van der Waals surface area (Å²) in [5.41, 5.74) is 1.13. The molecule has 18 heavy (non-hydrogen) atoms. The Morgan fingerprint density at radius 3 is 2.78 bits per heavy atom. The molecule has 0 aliphatic rings. The standard InChI is InChI=1S/C14H24N2O2/c1-16(2)9-7-15-8-10-18-14-6-4-5-13(11-14)12-17-3/h4-6,11,15H,7-10,12H2,1-3H3. The number of methoxy groups -OCH3 is 1. The molecule has 1 rings (SSSR count). The van der Waals surface area contributed by atoms with Gasteiger partial charge < -0.3 is 19.7 Å². The molecule has 1 aromatic carbocycles. The summed E-state index contributed by atoms with van der Waals surface area (Å²) in [6.45, 7) is 4.20. The molecule has 0 bridgehead atoms. The largest absolute Gasteiger partial charge is 0.492 e. The number of rotatable bonds is 9. The van der Waals surface area contributed by atoms with E-state index in [0.717, 1.165) is 30.9 Å². The Kier molecular flexibility index (Phi) is 7.41. The van der Waals surface area contributed by atoms with Crippen molar-refractivity contribution in [1.82, 2.24) is 10.2 Å². The molecule has 1 aromatic rings. The Hall–Kier alpha value is -1.10. The molecule has 0 unspecified atom stereocenters. The van der Waals surface area contributed by atoms with Crippen molar-refractivity contribution in [3.05, 3.63) is 29.8 Å². The average molecular weight is 252 g/mol. The number of hydrogen-bond donors (Lipinski definition) is 1. The molecule has 0 aliphatic carbocycles. The molecule has 0 radical (unpaired) electrons. The van der Waals surface area contributed by atoms with Crippen LogP contribution in [0.15, 0.2) is 24.3 Å². The van der Waals surface area contributed by atoms with Crippen LogP contribution in [0, 0.1) is 0 Å². The molecule has 0 atom stereocenters. The molecular weight excluding hydrogens is 228 g/mol. The van der Waals surface area contributed by atoms with Crippen molar-refractivity contribution < 1.29 is 9.47 Å². The Labute approximate surface area is 110 Å². The monoisotopic (exact) mass is 252 g/mol. The first kappa shape index (κ1) is 15.0. The number of hydrogen-bond acceptors (Lipinski definition) is 4. The summed E-state index contributed by atoms with van der Waals surface area (Å²) in [6.07, 6.45) is 0. The van der Waals surface area contributed by atoms with Gasteiger partial charge in [-0.25, -0.2) is 0 Å². The zero-order valence-electron chi connectivity index (χ0n) is 11.6. The fraction of sp³-hybridized carbons (Fsp3) is 0.571. The zero-order valence-corrected chi connectivity index (χ0v) is 11.6. The third-order valence-electron chi connectivity index (χ3n) is 2.49. The van der Waals surface area contributed by atoms with Gasteiger partial charge in [-0.05, 0) is 31.8 Å². The van der Waals surface area contributed by atoms with Crippen LogP contribution in [-0.4, -0.2) is 52.3 Å². The van der Waals surface area contributed by atoms with Crippen molar-refractivity contribution in [3.8, 4) is 5.75 Å². The van der Waals surface area contributed by atoms with E-state index < -0.39 is 0 Å². The number of likely N-dealkylation sites (N-methyl/N-ethyl adjacent to an activating group) is 1. The van der Waals surface area contributed by atoms with Crippen LogP contribution in [0.5, 0.6) is 5.75 Å². The second-order valence-corrected chi connectivity index (χ2v) is 4.48. The molecule has 0 saturated heterocycles. The van der Waals surface area contributed by atoms with Gasteiger partial charge in [0.25, 0.3) is 0 Å². The van der Waals surface area contributed by atoms with Crippen LogP contribution in [0.4, 0.5) is 0 Å². The average Bonchev–Trinajstić information content (AvgIpc) is 2.34. The first-order valence-electron chi connectivity index (χ1n) is 6.28. The highest BCUT2D eigenvalue weighted by Gasteiger charge is 1.97. The lowest BCUT2D eigenvalue weighted by Gasteiger charge is -2.11. The van der Waals surface area contributed by atoms with Gasteiger partial charge in [0, 0.05) is 26.7 Å². The maximum Gasteiger partial charge on any atom is 0.119 e. The molecule has 102 valence electrons. The number of nitrogens with one attached hydrogen (secondary N) is 1. The summed E-state index contributed by atoms with van der Waals surface area (Å²) in [5, 5.41) is 3.34. The summed E-state index contributed by atoms with van der Waals surface area (Å²) in [7, 11) is 5.83. The van der Waals surface area contributed by atoms with E-state index in [4.69, 9.17) is 9.47 Å². The maximum absolute atomic E-state index is 5.67. The smallest absolute Gasteiger partial charge is 0.119 e. The van der Waals surface area contributed by atoms with Crippen LogP contribution in [-0.2, 0) is 11.3 Å². The van der Waals surface area contributed by atoms with E-state index in [-0.39, 0.29) is 0 Å². The Bertz CT molecular complexity index is 329. The van der Waals surface area contributed by atoms with Crippen LogP contribution >= 0.6 is 0 Å². The highest BCUT2D eigenvalue weighted by atomic mass is 16.5. The molecule has 0 amide bonds. The third kappa shape index (κ3) is 6.59. The zero-order chi connectivity index (χ0) is 13.2. The summed E-state index contributed by atoms with van der Waals surface area (Å²) in [4.78, 5) is 2.15. The van der Waals surface area contributed by atoms with Crippen molar-refractivity contribution in [2.45, 2.75) is 6.61 Å². The van der Waals surface area contributed by atoms with Crippen LogP contribution in [0.2, 0.25) is 0 Å². The Morgan fingerprint density at radius 2 is 2.06 bits per heavy atom. The van der Waals surface area contributed by atoms with Gasteiger partial charge >= 0.3 is 0 Å². The number of benzene rings is 1. The van der Waals surface area contributed by atoms with E-state index in [0.29, 0.717) is 13.2 Å². The number of nitrogens with zero attached hydrogens (tertiary/aromatic N) is 1. The molecule has 0 aliphatic heterocycles. The van der Waals surface area contributed by atoms with E-state index >= 15 is 0 Å². The van der Waals surface area contributed by atoms with Crippen LogP contribution in [0.1, 0.15) is 5.56 Å². The van der Waals surface area contributed by atoms with Gasteiger partial charge in [0.15, 0.2) is 0 Å². The maximum atomic E-state index is 5.67. The van der Waals surface area contributed by atoms with Gasteiger partial charge in [0.2, 0.25) is 0 Å². The number of ether oxygens (including phenoxy) is 2. The van der Waals surface area contributed by atoms with Crippen molar-refractivity contribution >= 4 is 0 Å². The highest BCUT2D eigenvalue weighted by Crippen LogP contribution is 2.13. The molecule has 1 N–H and O–H groups in total. The minimum Gasteiger partial charge on any atom is -0.492 e. The topological polar surface area (TPSA) is 33.7 Å². The molecule has 0 heterocycles. The van der Waals surface area contributed by atoms with Crippen molar-refractivity contribution in [2.24, 2.45) is 0 Å². The minimum atomic E-state index is 0.623. The summed E-state index contributed by atoms with van der Waals surface area (Å²) >= 11 is 0. The van der Waals surface area contributed by atoms with Gasteiger partial charge in [0.1, 0.15) is 12.4 Å². The van der Waals surface area contributed by atoms with E-state index in [2.05, 4.69) is 24.3 Å². The predicted molar refractivity (Wildman–Crippen MR) is 74.1 cm³/mol. The first-order chi connectivity index (χ1) is 8.72. The SMILES string of the molecule is COCc1cccc(OCCNCCN(C)C)c1. The van der Waals surface area contributed by atoms with E-state index in [1.807, 2.05) is 24.3 Å². The van der Waals surface area contributed by atoms with E-state index in [1.54, 1.807) is 7.11 Å². The first-order valence-corrected chi connectivity index (χ1v) is 6.28. The second-order valence-electron chi connectivity index (χ2n) is 4.48. The van der Waals surface area contributed by atoms with Gasteiger partial charge in [-0.3, -0.25) is 0 Å². The molecule has 4 nitrogen and oxygen atoms in total. The predicted octanol–water partition coefficient (Wildman–Crippen LogP) is 1.36. The highest BCUT2D eigenvalue weighted by molar-refractivity contribution is 5.28. The second kappa shape index (κ2) is 8.91. The third-order valence-corrected chi connectivity index (χ3v) is 2.49. The van der Waals surface area contributed by atoms with Gasteiger partial charge in [-0.2, -0.15) is 0 Å². The van der Waals surface area contributed by atoms with Crippen molar-refractivity contribution in [2.75, 3.05) is 47.4 Å².